The van der Waals surface area contributed by atoms with Crippen LogP contribution in [0, 0.1) is 5.92 Å². The van der Waals surface area contributed by atoms with E-state index in [1.807, 2.05) is 12.1 Å². The lowest BCUT2D eigenvalue weighted by Crippen LogP contribution is -2.34. The fraction of sp³-hybridized carbons (Fsp3) is 0.333. The van der Waals surface area contributed by atoms with Crippen LogP contribution in [0.25, 0.3) is 5.69 Å². The zero-order valence-electron chi connectivity index (χ0n) is 11.6. The first kappa shape index (κ1) is 14.1. The molecule has 110 valence electrons. The number of halogens is 1. The van der Waals surface area contributed by atoms with Crippen LogP contribution in [0.2, 0.25) is 5.02 Å². The van der Waals surface area contributed by atoms with E-state index < -0.39 is 0 Å². The highest BCUT2D eigenvalue weighted by molar-refractivity contribution is 6.33. The molecule has 0 unspecified atom stereocenters. The second-order valence-corrected chi connectivity index (χ2v) is 5.53. The van der Waals surface area contributed by atoms with Gasteiger partial charge >= 0.3 is 0 Å². The summed E-state index contributed by atoms with van der Waals surface area (Å²) in [6.07, 6.45) is 6.89. The summed E-state index contributed by atoms with van der Waals surface area (Å²) in [5.74, 6) is 0.112. The Morgan fingerprint density at radius 1 is 1.38 bits per heavy atom. The predicted octanol–water partition coefficient (Wildman–Crippen LogP) is 2.46. The van der Waals surface area contributed by atoms with Gasteiger partial charge in [0.25, 0.3) is 0 Å². The maximum atomic E-state index is 12.4. The molecule has 1 aliphatic heterocycles. The third-order valence-electron chi connectivity index (χ3n) is 3.72. The Kier molecular flexibility index (Phi) is 4.22. The molecule has 0 spiro atoms. The third kappa shape index (κ3) is 3.09. The van der Waals surface area contributed by atoms with Crippen LogP contribution in [0.3, 0.4) is 0 Å². The molecule has 2 aromatic rings. The van der Waals surface area contributed by atoms with E-state index in [0.29, 0.717) is 10.7 Å². The standard InChI is InChI=1S/C15H17ClN4O/c16-12-2-1-3-13(14(12)20-9-8-18-10-20)19-15(21)11-4-6-17-7-5-11/h1-3,8-11,17H,4-7H2,(H,19,21). The summed E-state index contributed by atoms with van der Waals surface area (Å²) < 4.78 is 1.81. The molecule has 1 aromatic heterocycles. The SMILES string of the molecule is O=C(Nc1cccc(Cl)c1-n1ccnc1)C1CCNCC1. The molecule has 21 heavy (non-hydrogen) atoms. The Labute approximate surface area is 128 Å². The second-order valence-electron chi connectivity index (χ2n) is 5.12. The van der Waals surface area contributed by atoms with Crippen LogP contribution in [-0.4, -0.2) is 28.5 Å². The Morgan fingerprint density at radius 3 is 2.90 bits per heavy atom. The number of carbonyl (C=O) groups is 1. The summed E-state index contributed by atoms with van der Waals surface area (Å²) in [4.78, 5) is 16.4. The van der Waals surface area contributed by atoms with Gasteiger partial charge in [0.1, 0.15) is 0 Å². The summed E-state index contributed by atoms with van der Waals surface area (Å²) in [5.41, 5.74) is 1.46. The van der Waals surface area contributed by atoms with Crippen molar-refractivity contribution in [2.24, 2.45) is 5.92 Å². The molecule has 0 bridgehead atoms. The summed E-state index contributed by atoms with van der Waals surface area (Å²) in [7, 11) is 0. The summed E-state index contributed by atoms with van der Waals surface area (Å²) in [6.45, 7) is 1.78. The predicted molar refractivity (Wildman–Crippen MR) is 82.8 cm³/mol. The average Bonchev–Trinajstić information content (AvgIpc) is 3.02. The zero-order valence-corrected chi connectivity index (χ0v) is 12.3. The Bertz CT molecular complexity index is 621. The minimum Gasteiger partial charge on any atom is -0.324 e. The minimum absolute atomic E-state index is 0.0557. The summed E-state index contributed by atoms with van der Waals surface area (Å²) in [6, 6.07) is 5.50. The molecule has 1 aromatic carbocycles. The number of anilines is 1. The lowest BCUT2D eigenvalue weighted by atomic mass is 9.97. The number of para-hydroxylation sites is 1. The number of hydrogen-bond acceptors (Lipinski definition) is 3. The van der Waals surface area contributed by atoms with Crippen molar-refractivity contribution >= 4 is 23.2 Å². The molecule has 2 heterocycles. The molecule has 6 heteroatoms. The second kappa shape index (κ2) is 6.28. The van der Waals surface area contributed by atoms with Crippen LogP contribution in [-0.2, 0) is 4.79 Å². The molecule has 0 atom stereocenters. The van der Waals surface area contributed by atoms with E-state index in [2.05, 4.69) is 15.6 Å². The van der Waals surface area contributed by atoms with Gasteiger partial charge in [0.05, 0.1) is 22.7 Å². The van der Waals surface area contributed by atoms with Crippen molar-refractivity contribution in [2.75, 3.05) is 18.4 Å². The van der Waals surface area contributed by atoms with Gasteiger partial charge in [0.15, 0.2) is 0 Å². The number of aromatic nitrogens is 2. The van der Waals surface area contributed by atoms with Crippen LogP contribution in [0.5, 0.6) is 0 Å². The first-order valence-corrected chi connectivity index (χ1v) is 7.42. The van der Waals surface area contributed by atoms with Gasteiger partial charge < -0.3 is 15.2 Å². The zero-order chi connectivity index (χ0) is 14.7. The fourth-order valence-electron chi connectivity index (χ4n) is 2.59. The number of benzene rings is 1. The Balaban J connectivity index is 1.85. The van der Waals surface area contributed by atoms with Crippen LogP contribution in [0.15, 0.2) is 36.9 Å². The van der Waals surface area contributed by atoms with Gasteiger partial charge in [0, 0.05) is 18.3 Å². The maximum Gasteiger partial charge on any atom is 0.227 e. The number of carbonyl (C=O) groups excluding carboxylic acids is 1. The van der Waals surface area contributed by atoms with Crippen molar-refractivity contribution in [1.82, 2.24) is 14.9 Å². The first-order chi connectivity index (χ1) is 10.3. The Morgan fingerprint density at radius 2 is 2.19 bits per heavy atom. The minimum atomic E-state index is 0.0557. The smallest absolute Gasteiger partial charge is 0.227 e. The summed E-state index contributed by atoms with van der Waals surface area (Å²) >= 11 is 6.28. The highest BCUT2D eigenvalue weighted by atomic mass is 35.5. The highest BCUT2D eigenvalue weighted by Crippen LogP contribution is 2.29. The van der Waals surface area contributed by atoms with E-state index in [1.54, 1.807) is 29.4 Å². The van der Waals surface area contributed by atoms with Gasteiger partial charge in [0.2, 0.25) is 5.91 Å². The van der Waals surface area contributed by atoms with E-state index in [-0.39, 0.29) is 11.8 Å². The van der Waals surface area contributed by atoms with E-state index in [0.717, 1.165) is 31.6 Å². The molecule has 0 radical (unpaired) electrons. The van der Waals surface area contributed by atoms with Crippen molar-refractivity contribution < 1.29 is 4.79 Å². The lowest BCUT2D eigenvalue weighted by Gasteiger charge is -2.22. The van der Waals surface area contributed by atoms with Crippen LogP contribution in [0.1, 0.15) is 12.8 Å². The maximum absolute atomic E-state index is 12.4. The van der Waals surface area contributed by atoms with Crippen molar-refractivity contribution in [3.05, 3.63) is 41.9 Å². The molecule has 1 fully saturated rings. The average molecular weight is 305 g/mol. The number of nitrogens with one attached hydrogen (secondary N) is 2. The van der Waals surface area contributed by atoms with E-state index in [1.165, 1.54) is 0 Å². The monoisotopic (exact) mass is 304 g/mol. The number of hydrogen-bond donors (Lipinski definition) is 2. The van der Waals surface area contributed by atoms with Crippen molar-refractivity contribution in [3.8, 4) is 5.69 Å². The van der Waals surface area contributed by atoms with E-state index in [9.17, 15) is 4.79 Å². The molecule has 1 aliphatic rings. The van der Waals surface area contributed by atoms with Gasteiger partial charge in [-0.3, -0.25) is 4.79 Å². The van der Waals surface area contributed by atoms with E-state index in [4.69, 9.17) is 11.6 Å². The van der Waals surface area contributed by atoms with E-state index >= 15 is 0 Å². The topological polar surface area (TPSA) is 59.0 Å². The number of piperidine rings is 1. The van der Waals surface area contributed by atoms with Crippen LogP contribution < -0.4 is 10.6 Å². The molecule has 0 saturated carbocycles. The molecular formula is C15H17ClN4O. The van der Waals surface area contributed by atoms with Gasteiger partial charge in [-0.05, 0) is 38.1 Å². The third-order valence-corrected chi connectivity index (χ3v) is 4.02. The number of nitrogens with zero attached hydrogens (tertiary/aromatic N) is 2. The van der Waals surface area contributed by atoms with Crippen molar-refractivity contribution in [1.29, 1.82) is 0 Å². The number of rotatable bonds is 3. The quantitative estimate of drug-likeness (QED) is 0.916. The largest absolute Gasteiger partial charge is 0.324 e. The lowest BCUT2D eigenvalue weighted by molar-refractivity contribution is -0.120. The fourth-order valence-corrected chi connectivity index (χ4v) is 2.86. The molecule has 3 rings (SSSR count). The van der Waals surface area contributed by atoms with Gasteiger partial charge in [-0.1, -0.05) is 17.7 Å². The molecule has 1 saturated heterocycles. The first-order valence-electron chi connectivity index (χ1n) is 7.04. The Hall–Kier alpha value is -1.85. The van der Waals surface area contributed by atoms with Gasteiger partial charge in [-0.2, -0.15) is 0 Å². The molecule has 5 nitrogen and oxygen atoms in total. The number of imidazole rings is 1. The number of amides is 1. The van der Waals surface area contributed by atoms with Crippen molar-refractivity contribution in [3.63, 3.8) is 0 Å². The molecule has 2 N–H and O–H groups in total. The van der Waals surface area contributed by atoms with Crippen molar-refractivity contribution in [2.45, 2.75) is 12.8 Å². The normalized spacial score (nSPS) is 15.9. The summed E-state index contributed by atoms with van der Waals surface area (Å²) in [5, 5.41) is 6.85. The van der Waals surface area contributed by atoms with Crippen LogP contribution in [0.4, 0.5) is 5.69 Å². The highest BCUT2D eigenvalue weighted by Gasteiger charge is 2.22. The molecule has 0 aliphatic carbocycles. The van der Waals surface area contributed by atoms with Gasteiger partial charge in [-0.15, -0.1) is 0 Å². The van der Waals surface area contributed by atoms with Gasteiger partial charge in [-0.25, -0.2) is 4.98 Å². The molecular weight excluding hydrogens is 288 g/mol. The molecule has 1 amide bonds. The van der Waals surface area contributed by atoms with Crippen LogP contribution >= 0.6 is 11.6 Å².